The van der Waals surface area contributed by atoms with Crippen LogP contribution < -0.4 is 5.56 Å². The second-order valence-electron chi connectivity index (χ2n) is 5.56. The van der Waals surface area contributed by atoms with Crippen LogP contribution in [0.1, 0.15) is 42.9 Å². The molecule has 5 heteroatoms. The van der Waals surface area contributed by atoms with E-state index in [-0.39, 0.29) is 5.56 Å². The van der Waals surface area contributed by atoms with E-state index in [2.05, 4.69) is 43.5 Å². The van der Waals surface area contributed by atoms with E-state index in [1.54, 1.807) is 0 Å². The van der Waals surface area contributed by atoms with Crippen molar-refractivity contribution >= 4 is 38.5 Å². The molecule has 110 valence electrons. The quantitative estimate of drug-likeness (QED) is 0.659. The summed E-state index contributed by atoms with van der Waals surface area (Å²) in [6, 6.07) is 6.05. The summed E-state index contributed by atoms with van der Waals surface area (Å²) in [5.41, 5.74) is 3.06. The molecule has 3 rings (SSSR count). The third kappa shape index (κ3) is 3.08. The van der Waals surface area contributed by atoms with E-state index in [1.165, 1.54) is 18.4 Å². The normalized spacial score (nSPS) is 15.6. The molecule has 0 unspecified atom stereocenters. The van der Waals surface area contributed by atoms with Crippen LogP contribution in [0.4, 0.5) is 0 Å². The second-order valence-corrected chi connectivity index (χ2v) is 7.49. The number of nitrogens with zero attached hydrogens (tertiary/aromatic N) is 1. The van der Waals surface area contributed by atoms with E-state index in [1.807, 2.05) is 25.1 Å². The molecule has 1 aliphatic rings. The number of benzene rings is 1. The van der Waals surface area contributed by atoms with E-state index in [0.29, 0.717) is 11.7 Å². The standard InChI is InChI=1S/C16H16BrIN2O/c1-9-6-7-11(8-12(9)17)15-19-14(10-4-2-3-5-10)13(18)16(21)20-15/h6-8,10H,2-5H2,1H3,(H,19,20,21). The van der Waals surface area contributed by atoms with Gasteiger partial charge in [0.15, 0.2) is 0 Å². The predicted molar refractivity (Wildman–Crippen MR) is 96.7 cm³/mol. The number of nitrogens with one attached hydrogen (secondary N) is 1. The summed E-state index contributed by atoms with van der Waals surface area (Å²) in [7, 11) is 0. The first-order valence-corrected chi connectivity index (χ1v) is 8.99. The zero-order valence-electron chi connectivity index (χ0n) is 11.7. The Morgan fingerprint density at radius 1 is 1.33 bits per heavy atom. The molecule has 1 aromatic heterocycles. The molecule has 1 fully saturated rings. The van der Waals surface area contributed by atoms with E-state index < -0.39 is 0 Å². The molecular formula is C16H16BrIN2O. The van der Waals surface area contributed by atoms with Gasteiger partial charge >= 0.3 is 0 Å². The van der Waals surface area contributed by atoms with Gasteiger partial charge in [0.25, 0.3) is 5.56 Å². The molecule has 0 saturated heterocycles. The Bertz CT molecular complexity index is 736. The predicted octanol–water partition coefficient (Wildman–Crippen LogP) is 4.77. The summed E-state index contributed by atoms with van der Waals surface area (Å²) in [4.78, 5) is 19.9. The molecular weight excluding hydrogens is 443 g/mol. The number of hydrogen-bond acceptors (Lipinski definition) is 2. The van der Waals surface area contributed by atoms with Crippen LogP contribution in [-0.2, 0) is 0 Å². The molecule has 0 amide bonds. The summed E-state index contributed by atoms with van der Waals surface area (Å²) in [6.45, 7) is 2.04. The highest BCUT2D eigenvalue weighted by atomic mass is 127. The summed E-state index contributed by atoms with van der Waals surface area (Å²) < 4.78 is 1.78. The van der Waals surface area contributed by atoms with Crippen molar-refractivity contribution in [1.29, 1.82) is 0 Å². The highest BCUT2D eigenvalue weighted by Gasteiger charge is 2.23. The maximum absolute atomic E-state index is 12.2. The Morgan fingerprint density at radius 3 is 2.71 bits per heavy atom. The summed E-state index contributed by atoms with van der Waals surface area (Å²) in [5.74, 6) is 1.11. The van der Waals surface area contributed by atoms with Gasteiger partial charge in [-0.1, -0.05) is 40.9 Å². The number of aromatic amines is 1. The van der Waals surface area contributed by atoms with Crippen molar-refractivity contribution in [1.82, 2.24) is 9.97 Å². The van der Waals surface area contributed by atoms with Gasteiger partial charge < -0.3 is 4.98 Å². The van der Waals surface area contributed by atoms with Crippen LogP contribution in [0.25, 0.3) is 11.4 Å². The average molecular weight is 459 g/mol. The van der Waals surface area contributed by atoms with Crippen LogP contribution in [0.15, 0.2) is 27.5 Å². The lowest BCUT2D eigenvalue weighted by molar-refractivity contribution is 0.687. The first kappa shape index (κ1) is 15.2. The highest BCUT2D eigenvalue weighted by molar-refractivity contribution is 14.1. The van der Waals surface area contributed by atoms with Crippen molar-refractivity contribution in [3.63, 3.8) is 0 Å². The number of hydrogen-bond donors (Lipinski definition) is 1. The fraction of sp³-hybridized carbons (Fsp3) is 0.375. The maximum atomic E-state index is 12.2. The van der Waals surface area contributed by atoms with E-state index in [9.17, 15) is 4.79 Å². The number of H-pyrrole nitrogens is 1. The lowest BCUT2D eigenvalue weighted by atomic mass is 10.0. The van der Waals surface area contributed by atoms with Gasteiger partial charge in [0.1, 0.15) is 5.82 Å². The van der Waals surface area contributed by atoms with Gasteiger partial charge in [-0.25, -0.2) is 4.98 Å². The average Bonchev–Trinajstić information content (AvgIpc) is 2.98. The molecule has 0 aliphatic heterocycles. The molecule has 1 N–H and O–H groups in total. The second kappa shape index (κ2) is 6.20. The van der Waals surface area contributed by atoms with Crippen LogP contribution >= 0.6 is 38.5 Å². The largest absolute Gasteiger partial charge is 0.306 e. The molecule has 2 aromatic rings. The Hall–Kier alpha value is -0.690. The number of aromatic nitrogens is 2. The van der Waals surface area contributed by atoms with E-state index in [0.717, 1.165) is 32.1 Å². The van der Waals surface area contributed by atoms with Gasteiger partial charge in [0.2, 0.25) is 0 Å². The highest BCUT2D eigenvalue weighted by Crippen LogP contribution is 2.35. The minimum atomic E-state index is -0.0285. The Kier molecular flexibility index (Phi) is 4.49. The number of rotatable bonds is 2. The van der Waals surface area contributed by atoms with Crippen molar-refractivity contribution in [2.24, 2.45) is 0 Å². The van der Waals surface area contributed by atoms with Gasteiger partial charge in [0, 0.05) is 16.0 Å². The van der Waals surface area contributed by atoms with Crippen molar-refractivity contribution < 1.29 is 0 Å². The first-order chi connectivity index (χ1) is 10.1. The summed E-state index contributed by atoms with van der Waals surface area (Å²) >= 11 is 5.67. The Labute approximate surface area is 145 Å². The molecule has 0 spiro atoms. The lowest BCUT2D eigenvalue weighted by Gasteiger charge is -2.12. The van der Waals surface area contributed by atoms with Gasteiger partial charge in [-0.3, -0.25) is 4.79 Å². The van der Waals surface area contributed by atoms with Crippen molar-refractivity contribution in [3.8, 4) is 11.4 Å². The monoisotopic (exact) mass is 458 g/mol. The Balaban J connectivity index is 2.10. The third-order valence-electron chi connectivity index (χ3n) is 4.08. The lowest BCUT2D eigenvalue weighted by Crippen LogP contribution is -2.18. The SMILES string of the molecule is Cc1ccc(-c2nc(C3CCCC3)c(I)c(=O)[nH]2)cc1Br. The molecule has 1 saturated carbocycles. The van der Waals surface area contributed by atoms with Gasteiger partial charge in [-0.05, 0) is 54.0 Å². The third-order valence-corrected chi connectivity index (χ3v) is 5.97. The zero-order valence-corrected chi connectivity index (χ0v) is 15.5. The van der Waals surface area contributed by atoms with Gasteiger partial charge in [0.05, 0.1) is 9.26 Å². The molecule has 0 bridgehead atoms. The van der Waals surface area contributed by atoms with Crippen LogP contribution in [-0.4, -0.2) is 9.97 Å². The fourth-order valence-electron chi connectivity index (χ4n) is 2.82. The Morgan fingerprint density at radius 2 is 2.05 bits per heavy atom. The minimum Gasteiger partial charge on any atom is -0.306 e. The van der Waals surface area contributed by atoms with E-state index in [4.69, 9.17) is 4.98 Å². The molecule has 0 atom stereocenters. The van der Waals surface area contributed by atoms with Gasteiger partial charge in [-0.2, -0.15) is 0 Å². The first-order valence-electron chi connectivity index (χ1n) is 7.12. The molecule has 3 nitrogen and oxygen atoms in total. The van der Waals surface area contributed by atoms with E-state index >= 15 is 0 Å². The van der Waals surface area contributed by atoms with Crippen LogP contribution in [0.3, 0.4) is 0 Å². The molecule has 21 heavy (non-hydrogen) atoms. The number of aryl methyl sites for hydroxylation is 1. The minimum absolute atomic E-state index is 0.0285. The smallest absolute Gasteiger partial charge is 0.264 e. The van der Waals surface area contributed by atoms with Crippen LogP contribution in [0.2, 0.25) is 0 Å². The van der Waals surface area contributed by atoms with Crippen LogP contribution in [0, 0.1) is 10.5 Å². The zero-order chi connectivity index (χ0) is 15.0. The topological polar surface area (TPSA) is 45.8 Å². The van der Waals surface area contributed by atoms with Crippen molar-refractivity contribution in [2.75, 3.05) is 0 Å². The maximum Gasteiger partial charge on any atom is 0.264 e. The molecule has 1 heterocycles. The number of halogens is 2. The molecule has 1 aliphatic carbocycles. The van der Waals surface area contributed by atoms with Crippen molar-refractivity contribution in [3.05, 3.63) is 47.9 Å². The molecule has 0 radical (unpaired) electrons. The van der Waals surface area contributed by atoms with Gasteiger partial charge in [-0.15, -0.1) is 0 Å². The summed E-state index contributed by atoms with van der Waals surface area (Å²) in [5, 5.41) is 0. The molecule has 1 aromatic carbocycles. The van der Waals surface area contributed by atoms with Crippen LogP contribution in [0.5, 0.6) is 0 Å². The summed E-state index contributed by atoms with van der Waals surface area (Å²) in [6.07, 6.45) is 4.76. The van der Waals surface area contributed by atoms with Crippen molar-refractivity contribution in [2.45, 2.75) is 38.5 Å². The fourth-order valence-corrected chi connectivity index (χ4v) is 3.90.